The Balaban J connectivity index is 1.76. The van der Waals surface area contributed by atoms with Crippen LogP contribution in [0, 0.1) is 0 Å². The maximum atomic E-state index is 13.3. The van der Waals surface area contributed by atoms with E-state index in [4.69, 9.17) is 16.3 Å². The number of hydrogen-bond acceptors (Lipinski definition) is 4. The normalized spacial score (nSPS) is 15.7. The first kappa shape index (κ1) is 21.9. The van der Waals surface area contributed by atoms with Gasteiger partial charge in [-0.2, -0.15) is 5.10 Å². The van der Waals surface area contributed by atoms with Crippen molar-refractivity contribution in [1.29, 1.82) is 0 Å². The lowest BCUT2D eigenvalue weighted by Gasteiger charge is -2.26. The number of nitrogens with one attached hydrogen (secondary N) is 1. The van der Waals surface area contributed by atoms with E-state index in [1.807, 2.05) is 43.0 Å². The Bertz CT molecular complexity index is 1100. The largest absolute Gasteiger partial charge is 0.507 e. The molecular formula is C23H23BrClN3O3. The van der Waals surface area contributed by atoms with E-state index in [9.17, 15) is 9.90 Å². The lowest BCUT2D eigenvalue weighted by atomic mass is 9.95. The highest BCUT2D eigenvalue weighted by atomic mass is 79.9. The summed E-state index contributed by atoms with van der Waals surface area (Å²) in [5, 5.41) is 18.2. The van der Waals surface area contributed by atoms with Gasteiger partial charge in [-0.1, -0.05) is 39.7 Å². The number of carbonyl (C=O) groups excluding carboxylic acids is 1. The third kappa shape index (κ3) is 4.35. The van der Waals surface area contributed by atoms with E-state index in [1.54, 1.807) is 12.1 Å². The topological polar surface area (TPSA) is 78.5 Å². The van der Waals surface area contributed by atoms with Crippen molar-refractivity contribution in [3.05, 3.63) is 68.8 Å². The Morgan fingerprint density at radius 3 is 2.71 bits per heavy atom. The molecule has 2 aromatic carbocycles. The van der Waals surface area contributed by atoms with Gasteiger partial charge in [0.1, 0.15) is 17.1 Å². The standard InChI is InChI=1S/C23H23BrClN3O3/c1-13(2)31-11-3-10-28-22(14-4-6-15(24)7-5-14)19-20(26-27-21(19)23(28)30)17-12-16(25)8-9-18(17)29/h4-9,12-13,22,29H,3,10-11H2,1-2H3,(H,26,27). The van der Waals surface area contributed by atoms with Gasteiger partial charge in [0.2, 0.25) is 0 Å². The zero-order chi connectivity index (χ0) is 22.1. The van der Waals surface area contributed by atoms with Crippen LogP contribution >= 0.6 is 27.5 Å². The zero-order valence-corrected chi connectivity index (χ0v) is 19.6. The van der Waals surface area contributed by atoms with Crippen molar-refractivity contribution in [3.63, 3.8) is 0 Å². The van der Waals surface area contributed by atoms with Gasteiger partial charge in [-0.3, -0.25) is 9.89 Å². The number of rotatable bonds is 7. The molecule has 0 fully saturated rings. The first-order chi connectivity index (χ1) is 14.9. The molecule has 2 N–H and O–H groups in total. The summed E-state index contributed by atoms with van der Waals surface area (Å²) in [6.45, 7) is 5.09. The van der Waals surface area contributed by atoms with Crippen molar-refractivity contribution in [2.45, 2.75) is 32.4 Å². The highest BCUT2D eigenvalue weighted by Gasteiger charge is 2.42. The van der Waals surface area contributed by atoms with Gasteiger partial charge in [0, 0.05) is 33.8 Å². The Morgan fingerprint density at radius 1 is 1.26 bits per heavy atom. The number of aromatic nitrogens is 2. The van der Waals surface area contributed by atoms with Crippen LogP contribution in [0.4, 0.5) is 0 Å². The summed E-state index contributed by atoms with van der Waals surface area (Å²) in [6, 6.07) is 12.4. The number of carbonyl (C=O) groups is 1. The summed E-state index contributed by atoms with van der Waals surface area (Å²) in [5.74, 6) is -0.0581. The summed E-state index contributed by atoms with van der Waals surface area (Å²) in [4.78, 5) is 15.1. The van der Waals surface area contributed by atoms with E-state index in [0.29, 0.717) is 41.5 Å². The molecule has 1 atom stereocenters. The summed E-state index contributed by atoms with van der Waals surface area (Å²) in [6.07, 6.45) is 0.859. The summed E-state index contributed by atoms with van der Waals surface area (Å²) in [5.41, 5.74) is 3.16. The fraction of sp³-hybridized carbons (Fsp3) is 0.304. The molecule has 162 valence electrons. The molecule has 1 amide bonds. The smallest absolute Gasteiger partial charge is 0.273 e. The molecule has 8 heteroatoms. The minimum Gasteiger partial charge on any atom is -0.507 e. The molecule has 0 aliphatic carbocycles. The molecule has 3 aromatic rings. The highest BCUT2D eigenvalue weighted by molar-refractivity contribution is 9.10. The van der Waals surface area contributed by atoms with Crippen LogP contribution < -0.4 is 0 Å². The molecule has 0 saturated heterocycles. The SMILES string of the molecule is CC(C)OCCCN1C(=O)c2[nH]nc(-c3cc(Cl)ccc3O)c2C1c1ccc(Br)cc1. The molecular weight excluding hydrogens is 482 g/mol. The average molecular weight is 505 g/mol. The van der Waals surface area contributed by atoms with Crippen molar-refractivity contribution in [2.24, 2.45) is 0 Å². The average Bonchev–Trinajstić information content (AvgIpc) is 3.27. The van der Waals surface area contributed by atoms with Crippen molar-refractivity contribution >= 4 is 33.4 Å². The van der Waals surface area contributed by atoms with E-state index in [0.717, 1.165) is 15.6 Å². The molecule has 6 nitrogen and oxygen atoms in total. The molecule has 1 unspecified atom stereocenters. The molecule has 31 heavy (non-hydrogen) atoms. The predicted octanol–water partition coefficient (Wildman–Crippen LogP) is 5.56. The molecule has 0 radical (unpaired) electrons. The number of benzene rings is 2. The second kappa shape index (κ2) is 9.02. The lowest BCUT2D eigenvalue weighted by Crippen LogP contribution is -2.31. The summed E-state index contributed by atoms with van der Waals surface area (Å²) in [7, 11) is 0. The Kier molecular flexibility index (Phi) is 6.36. The number of nitrogens with zero attached hydrogens (tertiary/aromatic N) is 2. The van der Waals surface area contributed by atoms with Crippen LogP contribution in [0.1, 0.15) is 47.9 Å². The third-order valence-electron chi connectivity index (χ3n) is 5.26. The number of halogens is 2. The minimum atomic E-state index is -0.332. The van der Waals surface area contributed by atoms with E-state index < -0.39 is 0 Å². The Hall–Kier alpha value is -2.35. The molecule has 0 spiro atoms. The molecule has 0 saturated carbocycles. The number of fused-ring (bicyclic) bond motifs is 1. The monoisotopic (exact) mass is 503 g/mol. The van der Waals surface area contributed by atoms with Gasteiger partial charge >= 0.3 is 0 Å². The van der Waals surface area contributed by atoms with Crippen LogP contribution in [0.5, 0.6) is 5.75 Å². The first-order valence-electron chi connectivity index (χ1n) is 10.1. The molecule has 1 aromatic heterocycles. The number of aromatic hydroxyl groups is 1. The van der Waals surface area contributed by atoms with Crippen LogP contribution in [0.15, 0.2) is 46.9 Å². The Morgan fingerprint density at radius 2 is 2.00 bits per heavy atom. The number of phenols is 1. The fourth-order valence-corrected chi connectivity index (χ4v) is 4.31. The highest BCUT2D eigenvalue weighted by Crippen LogP contribution is 2.45. The molecule has 4 rings (SSSR count). The molecule has 1 aliphatic rings. The quantitative estimate of drug-likeness (QED) is 0.413. The van der Waals surface area contributed by atoms with Gasteiger partial charge in [0.05, 0.1) is 12.1 Å². The van der Waals surface area contributed by atoms with Crippen LogP contribution in [0.2, 0.25) is 5.02 Å². The minimum absolute atomic E-state index is 0.0597. The maximum Gasteiger partial charge on any atom is 0.273 e. The van der Waals surface area contributed by atoms with Crippen LogP contribution in [0.3, 0.4) is 0 Å². The van der Waals surface area contributed by atoms with Crippen molar-refractivity contribution < 1.29 is 14.6 Å². The first-order valence-corrected chi connectivity index (χ1v) is 11.3. The number of hydrogen-bond donors (Lipinski definition) is 2. The van der Waals surface area contributed by atoms with E-state index in [2.05, 4.69) is 26.1 Å². The Labute approximate surface area is 194 Å². The van der Waals surface area contributed by atoms with E-state index in [1.165, 1.54) is 6.07 Å². The number of amides is 1. The lowest BCUT2D eigenvalue weighted by molar-refractivity contribution is 0.0601. The third-order valence-corrected chi connectivity index (χ3v) is 6.02. The number of H-pyrrole nitrogens is 1. The zero-order valence-electron chi connectivity index (χ0n) is 17.2. The fourth-order valence-electron chi connectivity index (χ4n) is 3.88. The van der Waals surface area contributed by atoms with E-state index in [-0.39, 0.29) is 23.8 Å². The van der Waals surface area contributed by atoms with Gasteiger partial charge in [-0.25, -0.2) is 0 Å². The van der Waals surface area contributed by atoms with Crippen LogP contribution in [-0.2, 0) is 4.74 Å². The second-order valence-corrected chi connectivity index (χ2v) is 9.10. The van der Waals surface area contributed by atoms with Crippen LogP contribution in [0.25, 0.3) is 11.3 Å². The number of ether oxygens (including phenoxy) is 1. The number of aromatic amines is 1. The van der Waals surface area contributed by atoms with Crippen molar-refractivity contribution in [3.8, 4) is 17.0 Å². The summed E-state index contributed by atoms with van der Waals surface area (Å²) >= 11 is 9.65. The van der Waals surface area contributed by atoms with E-state index >= 15 is 0 Å². The van der Waals surface area contributed by atoms with Gasteiger partial charge in [0.15, 0.2) is 0 Å². The summed E-state index contributed by atoms with van der Waals surface area (Å²) < 4.78 is 6.62. The van der Waals surface area contributed by atoms with Gasteiger partial charge in [0.25, 0.3) is 5.91 Å². The second-order valence-electron chi connectivity index (χ2n) is 7.75. The van der Waals surface area contributed by atoms with Gasteiger partial charge in [-0.15, -0.1) is 0 Å². The molecule has 2 heterocycles. The van der Waals surface area contributed by atoms with Gasteiger partial charge in [-0.05, 0) is 56.2 Å². The predicted molar refractivity (Wildman–Crippen MR) is 123 cm³/mol. The van der Waals surface area contributed by atoms with Crippen molar-refractivity contribution in [1.82, 2.24) is 15.1 Å². The molecule has 0 bridgehead atoms. The molecule has 1 aliphatic heterocycles. The van der Waals surface area contributed by atoms with Crippen molar-refractivity contribution in [2.75, 3.05) is 13.2 Å². The maximum absolute atomic E-state index is 13.3. The number of phenolic OH excluding ortho intramolecular Hbond substituents is 1. The van der Waals surface area contributed by atoms with Crippen LogP contribution in [-0.4, -0.2) is 45.4 Å². The van der Waals surface area contributed by atoms with Gasteiger partial charge < -0.3 is 14.7 Å².